The number of carbonyl (C=O) groups excluding carboxylic acids is 1. The number of nitrogens with two attached hydrogens (primary N) is 2. The summed E-state index contributed by atoms with van der Waals surface area (Å²) in [5.41, 5.74) is 15.5. The highest BCUT2D eigenvalue weighted by molar-refractivity contribution is 9.10. The lowest BCUT2D eigenvalue weighted by atomic mass is 10.0. The Bertz CT molecular complexity index is 1210. The largest absolute Gasteiger partial charge is 0.398 e. The van der Waals surface area contributed by atoms with Crippen molar-refractivity contribution in [1.82, 2.24) is 5.32 Å². The zero-order chi connectivity index (χ0) is 29.5. The van der Waals surface area contributed by atoms with Crippen molar-refractivity contribution in [2.75, 3.05) is 37.3 Å². The predicted octanol–water partition coefficient (Wildman–Crippen LogP) is 6.54. The van der Waals surface area contributed by atoms with E-state index in [1.807, 2.05) is 46.9 Å². The summed E-state index contributed by atoms with van der Waals surface area (Å²) in [7, 11) is 1.90. The molecule has 0 bridgehead atoms. The lowest BCUT2D eigenvalue weighted by Crippen LogP contribution is -2.30. The smallest absolute Gasteiger partial charge is 0.278 e. The van der Waals surface area contributed by atoms with Gasteiger partial charge in [-0.25, -0.2) is 8.78 Å². The van der Waals surface area contributed by atoms with E-state index in [9.17, 15) is 13.6 Å². The van der Waals surface area contributed by atoms with E-state index in [2.05, 4.69) is 38.1 Å². The van der Waals surface area contributed by atoms with E-state index in [4.69, 9.17) is 11.5 Å². The van der Waals surface area contributed by atoms with E-state index in [1.54, 1.807) is 24.3 Å². The maximum absolute atomic E-state index is 13.6. The van der Waals surface area contributed by atoms with Crippen LogP contribution >= 0.6 is 15.9 Å². The number of carbonyl (C=O) groups is 1. The third-order valence-electron chi connectivity index (χ3n) is 5.53. The third-order valence-corrected chi connectivity index (χ3v) is 6.26. The predicted molar refractivity (Wildman–Crippen MR) is 164 cm³/mol. The topological polar surface area (TPSA) is 96.7 Å². The molecule has 1 amide bonds. The molecule has 0 saturated carbocycles. The van der Waals surface area contributed by atoms with Crippen LogP contribution in [0.4, 0.5) is 20.2 Å². The second kappa shape index (κ2) is 17.3. The average molecular weight is 605 g/mol. The normalized spacial score (nSPS) is 10.6. The van der Waals surface area contributed by atoms with E-state index in [1.165, 1.54) is 12.1 Å². The summed E-state index contributed by atoms with van der Waals surface area (Å²) < 4.78 is 27.8. The molecule has 0 spiro atoms. The van der Waals surface area contributed by atoms with E-state index >= 15 is 0 Å². The van der Waals surface area contributed by atoms with Crippen LogP contribution in [-0.4, -0.2) is 38.4 Å². The Morgan fingerprint density at radius 2 is 1.59 bits per heavy atom. The Balaban J connectivity index is 0.00000181. The molecule has 0 radical (unpaired) electrons. The maximum Gasteiger partial charge on any atom is 0.278 e. The molecular formula is C30H40BrF2N5O. The Morgan fingerprint density at radius 3 is 2.13 bits per heavy atom. The number of aliphatic imine (C=N–C) groups is 1. The van der Waals surface area contributed by atoms with Gasteiger partial charge in [-0.05, 0) is 80.1 Å². The second-order valence-corrected chi connectivity index (χ2v) is 8.87. The summed E-state index contributed by atoms with van der Waals surface area (Å²) in [5, 5.41) is 3.13. The molecule has 3 aromatic carbocycles. The van der Waals surface area contributed by atoms with E-state index in [0.29, 0.717) is 32.4 Å². The molecule has 0 heterocycles. The molecule has 0 unspecified atom stereocenters. The minimum absolute atomic E-state index is 0.0417. The van der Waals surface area contributed by atoms with Gasteiger partial charge < -0.3 is 21.7 Å². The first-order chi connectivity index (χ1) is 18.7. The van der Waals surface area contributed by atoms with Crippen LogP contribution in [0.2, 0.25) is 0 Å². The fourth-order valence-corrected chi connectivity index (χ4v) is 4.19. The van der Waals surface area contributed by atoms with Crippen LogP contribution in [0.15, 0.2) is 64.1 Å². The van der Waals surface area contributed by atoms with Gasteiger partial charge >= 0.3 is 0 Å². The van der Waals surface area contributed by atoms with E-state index in [-0.39, 0.29) is 12.3 Å². The third kappa shape index (κ3) is 10.1. The summed E-state index contributed by atoms with van der Waals surface area (Å²) in [6.45, 7) is 12.6. The summed E-state index contributed by atoms with van der Waals surface area (Å²) in [6.07, 6.45) is 0.229. The van der Waals surface area contributed by atoms with Crippen molar-refractivity contribution in [1.29, 1.82) is 0 Å². The Kier molecular flexibility index (Phi) is 15.0. The zero-order valence-electron chi connectivity index (χ0n) is 23.6. The molecule has 9 heteroatoms. The number of nitrogens with one attached hydrogen (secondary N) is 1. The fraction of sp³-hybridized carbons (Fsp3) is 0.333. The van der Waals surface area contributed by atoms with Gasteiger partial charge in [-0.2, -0.15) is 4.99 Å². The number of amides is 1. The SMILES string of the molecule is CC.CC.CCN(CCNC)c1ccc(C(=O)N=C(N)c2cc(Cc3cc(F)cc(F)c3)c(Br)cc2N)cc1. The van der Waals surface area contributed by atoms with Gasteiger partial charge in [0.1, 0.15) is 17.5 Å². The van der Waals surface area contributed by atoms with Crippen molar-refractivity contribution in [2.24, 2.45) is 10.7 Å². The minimum atomic E-state index is -0.659. The number of hydrogen-bond acceptors (Lipinski definition) is 4. The van der Waals surface area contributed by atoms with Gasteiger partial charge in [-0.1, -0.05) is 43.6 Å². The van der Waals surface area contributed by atoms with Crippen LogP contribution in [0.1, 0.15) is 61.7 Å². The maximum atomic E-state index is 13.6. The fourth-order valence-electron chi connectivity index (χ4n) is 3.69. The van der Waals surface area contributed by atoms with Crippen LogP contribution in [0.25, 0.3) is 0 Å². The molecule has 0 aliphatic carbocycles. The molecule has 3 rings (SSSR count). The van der Waals surface area contributed by atoms with Crippen molar-refractivity contribution in [3.63, 3.8) is 0 Å². The highest BCUT2D eigenvalue weighted by atomic mass is 79.9. The lowest BCUT2D eigenvalue weighted by Gasteiger charge is -2.23. The first kappa shape index (κ1) is 33.7. The van der Waals surface area contributed by atoms with Gasteiger partial charge in [-0.15, -0.1) is 0 Å². The van der Waals surface area contributed by atoms with Crippen molar-refractivity contribution in [3.8, 4) is 0 Å². The molecule has 0 aliphatic rings. The van der Waals surface area contributed by atoms with E-state index in [0.717, 1.165) is 31.4 Å². The molecule has 0 saturated heterocycles. The van der Waals surface area contributed by atoms with Crippen LogP contribution in [0.5, 0.6) is 0 Å². The van der Waals surface area contributed by atoms with Crippen LogP contribution in [0, 0.1) is 11.6 Å². The number of amidine groups is 1. The van der Waals surface area contributed by atoms with Gasteiger partial charge in [0.05, 0.1) is 0 Å². The molecule has 0 aromatic heterocycles. The summed E-state index contributed by atoms with van der Waals surface area (Å²) in [6, 6.07) is 13.8. The summed E-state index contributed by atoms with van der Waals surface area (Å²) in [5.74, 6) is -1.86. The summed E-state index contributed by atoms with van der Waals surface area (Å²) in [4.78, 5) is 19.0. The van der Waals surface area contributed by atoms with Gasteiger partial charge in [0.25, 0.3) is 5.91 Å². The first-order valence-electron chi connectivity index (χ1n) is 13.1. The number of halogens is 3. The standard InChI is InChI=1S/C26H28BrF2N5O.2C2H6/c1-3-34(9-8-32-2)21-6-4-17(5-7-21)26(35)33-25(31)22-13-18(23(27)15-24(22)30)10-16-11-19(28)14-20(29)12-16;2*1-2/h4-7,11-15,32H,3,8-10,30H2,1-2H3,(H2,31,33,35);2*1-2H3. The number of likely N-dealkylation sites (N-methyl/N-ethyl adjacent to an activating group) is 2. The van der Waals surface area contributed by atoms with Crippen LogP contribution in [0.3, 0.4) is 0 Å². The molecule has 39 heavy (non-hydrogen) atoms. The number of benzene rings is 3. The van der Waals surface area contributed by atoms with Gasteiger partial charge in [0.15, 0.2) is 0 Å². The van der Waals surface area contributed by atoms with Crippen molar-refractivity contribution in [2.45, 2.75) is 41.0 Å². The average Bonchev–Trinajstić information content (AvgIpc) is 2.92. The van der Waals surface area contributed by atoms with Crippen molar-refractivity contribution in [3.05, 3.63) is 93.0 Å². The number of anilines is 2. The van der Waals surface area contributed by atoms with Crippen molar-refractivity contribution < 1.29 is 13.6 Å². The minimum Gasteiger partial charge on any atom is -0.398 e. The number of nitrogens with zero attached hydrogens (tertiary/aromatic N) is 2. The van der Waals surface area contributed by atoms with E-state index < -0.39 is 17.5 Å². The van der Waals surface area contributed by atoms with Crippen LogP contribution in [-0.2, 0) is 6.42 Å². The van der Waals surface area contributed by atoms with Gasteiger partial charge in [0.2, 0.25) is 0 Å². The van der Waals surface area contributed by atoms with Gasteiger partial charge in [-0.3, -0.25) is 4.79 Å². The Labute approximate surface area is 239 Å². The Morgan fingerprint density at radius 1 is 1.00 bits per heavy atom. The van der Waals surface area contributed by atoms with Gasteiger partial charge in [0, 0.05) is 52.7 Å². The molecular weight excluding hydrogens is 564 g/mol. The highest BCUT2D eigenvalue weighted by Crippen LogP contribution is 2.27. The summed E-state index contributed by atoms with van der Waals surface area (Å²) >= 11 is 3.43. The molecule has 0 fully saturated rings. The first-order valence-corrected chi connectivity index (χ1v) is 13.9. The lowest BCUT2D eigenvalue weighted by molar-refractivity contribution is 0.100. The molecule has 5 N–H and O–H groups in total. The molecule has 0 aliphatic heterocycles. The van der Waals surface area contributed by atoms with Crippen molar-refractivity contribution >= 4 is 39.0 Å². The number of hydrogen-bond donors (Lipinski definition) is 3. The van der Waals surface area contributed by atoms with Crippen LogP contribution < -0.4 is 21.7 Å². The number of nitrogen functional groups attached to an aromatic ring is 1. The number of rotatable bonds is 9. The zero-order valence-corrected chi connectivity index (χ0v) is 25.2. The molecule has 212 valence electrons. The second-order valence-electron chi connectivity index (χ2n) is 8.02. The monoisotopic (exact) mass is 603 g/mol. The Hall–Kier alpha value is -3.30. The molecule has 6 nitrogen and oxygen atoms in total. The molecule has 0 atom stereocenters. The molecule has 3 aromatic rings. The highest BCUT2D eigenvalue weighted by Gasteiger charge is 2.14. The quantitative estimate of drug-likeness (QED) is 0.146.